The van der Waals surface area contributed by atoms with E-state index in [9.17, 15) is 0 Å². The Morgan fingerprint density at radius 3 is 2.83 bits per heavy atom. The van der Waals surface area contributed by atoms with Crippen LogP contribution in [0.1, 0.15) is 0 Å². The predicted octanol–water partition coefficient (Wildman–Crippen LogP) is -0.0187. The fourth-order valence-corrected chi connectivity index (χ4v) is 0.211. The molecule has 1 rings (SSSR count). The van der Waals surface area contributed by atoms with Crippen LogP contribution in [0.15, 0.2) is 12.3 Å². The van der Waals surface area contributed by atoms with Crippen molar-refractivity contribution >= 4 is 0 Å². The second-order valence-corrected chi connectivity index (χ2v) is 0.847. The van der Waals surface area contributed by atoms with Crippen molar-refractivity contribution in [2.45, 2.75) is 0 Å². The van der Waals surface area contributed by atoms with Gasteiger partial charge in [-0.15, -0.1) is 0 Å². The highest BCUT2D eigenvalue weighted by Gasteiger charge is 1.87. The maximum Gasteiger partial charge on any atom is 0.125 e. The van der Waals surface area contributed by atoms with Gasteiger partial charge in [0.15, 0.2) is 0 Å². The van der Waals surface area contributed by atoms with Crippen molar-refractivity contribution < 1.29 is 9.68 Å². The van der Waals surface area contributed by atoms with Crippen molar-refractivity contribution in [3.05, 3.63) is 12.3 Å². The van der Waals surface area contributed by atoms with Gasteiger partial charge in [-0.05, 0) is 6.08 Å². The van der Waals surface area contributed by atoms with Gasteiger partial charge in [-0.3, -0.25) is 0 Å². The van der Waals surface area contributed by atoms with Crippen molar-refractivity contribution in [2.24, 2.45) is 0 Å². The van der Waals surface area contributed by atoms with E-state index in [0.29, 0.717) is 6.61 Å². The van der Waals surface area contributed by atoms with Crippen LogP contribution in [0, 0.1) is 0 Å². The predicted molar refractivity (Wildman–Crippen MR) is 18.3 cm³/mol. The lowest BCUT2D eigenvalue weighted by atomic mass is 10.7. The standard InChI is InChI=1S/C3H4NO2/c1-2-5-4-6-3-1/h1-2H,3H2. The van der Waals surface area contributed by atoms with Crippen LogP contribution < -0.4 is 5.64 Å². The van der Waals surface area contributed by atoms with Gasteiger partial charge in [0, 0.05) is 0 Å². The lowest BCUT2D eigenvalue weighted by Crippen LogP contribution is -2.07. The fourth-order valence-electron chi connectivity index (χ4n) is 0.211. The number of rotatable bonds is 0. The molecule has 0 aromatic heterocycles. The summed E-state index contributed by atoms with van der Waals surface area (Å²) in [6.07, 6.45) is 3.20. The summed E-state index contributed by atoms with van der Waals surface area (Å²) < 4.78 is 0. The van der Waals surface area contributed by atoms with Gasteiger partial charge in [-0.1, -0.05) is 0 Å². The molecule has 0 bridgehead atoms. The minimum absolute atomic E-state index is 0.528. The first-order valence-electron chi connectivity index (χ1n) is 1.63. The van der Waals surface area contributed by atoms with Crippen LogP contribution in [0.5, 0.6) is 0 Å². The Hall–Kier alpha value is -0.540. The molecule has 0 unspecified atom stereocenters. The van der Waals surface area contributed by atoms with Crippen LogP contribution >= 0.6 is 0 Å². The highest BCUT2D eigenvalue weighted by molar-refractivity contribution is 4.72. The van der Waals surface area contributed by atoms with Crippen LogP contribution in [0.25, 0.3) is 0 Å². The monoisotopic (exact) mass is 86.0 g/mol. The third-order valence-corrected chi connectivity index (χ3v) is 0.424. The van der Waals surface area contributed by atoms with Crippen LogP contribution in [0.2, 0.25) is 0 Å². The Morgan fingerprint density at radius 2 is 2.67 bits per heavy atom. The first-order chi connectivity index (χ1) is 3.00. The zero-order chi connectivity index (χ0) is 4.24. The van der Waals surface area contributed by atoms with E-state index in [4.69, 9.17) is 0 Å². The molecule has 0 aromatic rings. The summed E-state index contributed by atoms with van der Waals surface area (Å²) in [5, 5.41) is 0. The van der Waals surface area contributed by atoms with Crippen LogP contribution in [-0.2, 0) is 9.68 Å². The van der Waals surface area contributed by atoms with Gasteiger partial charge < -0.3 is 4.84 Å². The number of hydrogen-bond acceptors (Lipinski definition) is 2. The maximum atomic E-state index is 4.39. The SMILES string of the molecule is C1=CO[N]OC1. The van der Waals surface area contributed by atoms with E-state index in [1.165, 1.54) is 6.26 Å². The molecule has 1 aliphatic heterocycles. The summed E-state index contributed by atoms with van der Waals surface area (Å²) in [4.78, 5) is 8.68. The Kier molecular flexibility index (Phi) is 1.09. The van der Waals surface area contributed by atoms with E-state index in [1.54, 1.807) is 6.08 Å². The second kappa shape index (κ2) is 1.79. The normalized spacial score (nSPS) is 20.0. The molecule has 0 aromatic carbocycles. The van der Waals surface area contributed by atoms with Gasteiger partial charge >= 0.3 is 0 Å². The van der Waals surface area contributed by atoms with Crippen molar-refractivity contribution in [3.8, 4) is 0 Å². The van der Waals surface area contributed by atoms with Gasteiger partial charge in [-0.25, -0.2) is 4.84 Å². The summed E-state index contributed by atoms with van der Waals surface area (Å²) in [6.45, 7) is 0.528. The van der Waals surface area contributed by atoms with Crippen molar-refractivity contribution in [2.75, 3.05) is 6.61 Å². The first kappa shape index (κ1) is 3.64. The minimum Gasteiger partial charge on any atom is -0.370 e. The van der Waals surface area contributed by atoms with Crippen LogP contribution in [0.3, 0.4) is 0 Å². The lowest BCUT2D eigenvalue weighted by Gasteiger charge is -1.99. The number of nitrogens with zero attached hydrogens (tertiary/aromatic N) is 1. The summed E-state index contributed by atoms with van der Waals surface area (Å²) in [6, 6.07) is 0. The average Bonchev–Trinajstić information content (AvgIpc) is 1.72. The van der Waals surface area contributed by atoms with Crippen molar-refractivity contribution in [1.82, 2.24) is 5.64 Å². The summed E-state index contributed by atoms with van der Waals surface area (Å²) in [5.41, 5.74) is 3.09. The van der Waals surface area contributed by atoms with Crippen molar-refractivity contribution in [1.29, 1.82) is 0 Å². The molecule has 6 heavy (non-hydrogen) atoms. The number of hydrogen-bond donors (Lipinski definition) is 0. The highest BCUT2D eigenvalue weighted by atomic mass is 16.9. The van der Waals surface area contributed by atoms with Crippen LogP contribution in [-0.4, -0.2) is 6.61 Å². The zero-order valence-corrected chi connectivity index (χ0v) is 3.13. The second-order valence-electron chi connectivity index (χ2n) is 0.847. The van der Waals surface area contributed by atoms with E-state index in [1.807, 2.05) is 0 Å². The average molecular weight is 86.1 g/mol. The molecule has 1 aliphatic rings. The Bertz CT molecular complexity index is 53.8. The molecule has 0 fully saturated rings. The quantitative estimate of drug-likeness (QED) is 0.415. The Labute approximate surface area is 35.5 Å². The van der Waals surface area contributed by atoms with E-state index in [0.717, 1.165) is 0 Å². The maximum absolute atomic E-state index is 4.39. The van der Waals surface area contributed by atoms with Crippen molar-refractivity contribution in [3.63, 3.8) is 0 Å². The first-order valence-corrected chi connectivity index (χ1v) is 1.63. The summed E-state index contributed by atoms with van der Waals surface area (Å²) >= 11 is 0. The molecule has 1 radical (unpaired) electrons. The van der Waals surface area contributed by atoms with E-state index >= 15 is 0 Å². The third-order valence-electron chi connectivity index (χ3n) is 0.424. The molecule has 0 spiro atoms. The molecule has 3 heteroatoms. The molecule has 0 N–H and O–H groups in total. The summed E-state index contributed by atoms with van der Waals surface area (Å²) in [5.74, 6) is 0. The fraction of sp³-hybridized carbons (Fsp3) is 0.333. The van der Waals surface area contributed by atoms with Gasteiger partial charge in [0.05, 0.1) is 6.61 Å². The molecular weight excluding hydrogens is 82.0 g/mol. The Morgan fingerprint density at radius 1 is 1.67 bits per heavy atom. The minimum atomic E-state index is 0.528. The molecule has 33 valence electrons. The van der Waals surface area contributed by atoms with Crippen LogP contribution in [0.4, 0.5) is 0 Å². The van der Waals surface area contributed by atoms with Gasteiger partial charge in [0.1, 0.15) is 11.9 Å². The smallest absolute Gasteiger partial charge is 0.125 e. The molecule has 0 aliphatic carbocycles. The van der Waals surface area contributed by atoms with E-state index < -0.39 is 0 Å². The van der Waals surface area contributed by atoms with Gasteiger partial charge in [0.25, 0.3) is 0 Å². The molecule has 0 amide bonds. The highest BCUT2D eigenvalue weighted by Crippen LogP contribution is 1.83. The molecular formula is C3H4NO2. The van der Waals surface area contributed by atoms with E-state index in [2.05, 4.69) is 15.3 Å². The Balaban J connectivity index is 2.26. The molecule has 0 saturated heterocycles. The van der Waals surface area contributed by atoms with Gasteiger partial charge in [-0.2, -0.15) is 0 Å². The van der Waals surface area contributed by atoms with E-state index in [-0.39, 0.29) is 0 Å². The molecule has 0 saturated carbocycles. The third kappa shape index (κ3) is 0.702. The topological polar surface area (TPSA) is 32.6 Å². The molecule has 1 heterocycles. The molecule has 3 nitrogen and oxygen atoms in total. The lowest BCUT2D eigenvalue weighted by molar-refractivity contribution is -0.147. The molecule has 0 atom stereocenters. The largest absolute Gasteiger partial charge is 0.370 e. The summed E-state index contributed by atoms with van der Waals surface area (Å²) in [7, 11) is 0. The van der Waals surface area contributed by atoms with Gasteiger partial charge in [0.2, 0.25) is 0 Å². The zero-order valence-electron chi connectivity index (χ0n) is 3.13.